The highest BCUT2D eigenvalue weighted by atomic mass is 32.1. The van der Waals surface area contributed by atoms with E-state index >= 15 is 0 Å². The van der Waals surface area contributed by atoms with Gasteiger partial charge in [-0.15, -0.1) is 11.3 Å². The number of hydrogen-bond acceptors (Lipinski definition) is 4. The number of benzene rings is 2. The van der Waals surface area contributed by atoms with E-state index in [0.717, 1.165) is 16.9 Å². The van der Waals surface area contributed by atoms with Gasteiger partial charge in [-0.1, -0.05) is 30.3 Å². The van der Waals surface area contributed by atoms with Crippen LogP contribution in [0.2, 0.25) is 0 Å². The van der Waals surface area contributed by atoms with Gasteiger partial charge in [0.05, 0.1) is 23.0 Å². The molecule has 0 N–H and O–H groups in total. The van der Waals surface area contributed by atoms with E-state index in [1.807, 2.05) is 54.8 Å². The zero-order valence-electron chi connectivity index (χ0n) is 13.8. The summed E-state index contributed by atoms with van der Waals surface area (Å²) in [4.78, 5) is 19.0. The molecular formula is C20H17N3OS. The number of amides is 1. The highest BCUT2D eigenvalue weighted by Gasteiger charge is 2.20. The van der Waals surface area contributed by atoms with Crippen molar-refractivity contribution in [3.8, 4) is 6.07 Å². The van der Waals surface area contributed by atoms with Crippen LogP contribution in [-0.4, -0.2) is 10.9 Å². The Morgan fingerprint density at radius 2 is 1.88 bits per heavy atom. The zero-order chi connectivity index (χ0) is 17.6. The molecule has 0 unspecified atom stereocenters. The molecule has 0 bridgehead atoms. The number of para-hydroxylation sites is 1. The van der Waals surface area contributed by atoms with Crippen LogP contribution in [0, 0.1) is 18.3 Å². The Morgan fingerprint density at radius 1 is 1.16 bits per heavy atom. The fourth-order valence-corrected chi connectivity index (χ4v) is 3.33. The third-order valence-corrected chi connectivity index (χ3v) is 4.72. The lowest BCUT2D eigenvalue weighted by Gasteiger charge is -2.20. The van der Waals surface area contributed by atoms with E-state index in [0.29, 0.717) is 23.5 Å². The van der Waals surface area contributed by atoms with Gasteiger partial charge in [0.25, 0.3) is 0 Å². The second-order valence-corrected chi connectivity index (χ2v) is 6.48. The molecule has 0 fully saturated rings. The van der Waals surface area contributed by atoms with Crippen molar-refractivity contribution in [2.24, 2.45) is 0 Å². The number of carbonyl (C=O) groups is 1. The smallest absolute Gasteiger partial charge is 0.233 e. The molecule has 3 rings (SSSR count). The summed E-state index contributed by atoms with van der Waals surface area (Å²) in [5, 5.41) is 11.5. The van der Waals surface area contributed by atoms with Crippen LogP contribution in [0.5, 0.6) is 0 Å². The summed E-state index contributed by atoms with van der Waals surface area (Å²) in [7, 11) is 0. The lowest BCUT2D eigenvalue weighted by Crippen LogP contribution is -2.26. The van der Waals surface area contributed by atoms with E-state index in [9.17, 15) is 4.79 Å². The Labute approximate surface area is 151 Å². The van der Waals surface area contributed by atoms with Gasteiger partial charge in [0.15, 0.2) is 5.13 Å². The van der Waals surface area contributed by atoms with E-state index in [4.69, 9.17) is 5.26 Å². The summed E-state index contributed by atoms with van der Waals surface area (Å²) in [6.45, 7) is 1.92. The summed E-state index contributed by atoms with van der Waals surface area (Å²) < 4.78 is 0. The van der Waals surface area contributed by atoms with Gasteiger partial charge in [-0.25, -0.2) is 4.98 Å². The average molecular weight is 347 g/mol. The topological polar surface area (TPSA) is 57.0 Å². The number of aryl methyl sites for hydroxylation is 2. The van der Waals surface area contributed by atoms with Crippen LogP contribution in [0.4, 0.5) is 10.8 Å². The third kappa shape index (κ3) is 4.11. The quantitative estimate of drug-likeness (QED) is 0.676. The summed E-state index contributed by atoms with van der Waals surface area (Å²) in [5.41, 5.74) is 3.39. The van der Waals surface area contributed by atoms with Gasteiger partial charge in [0.2, 0.25) is 5.91 Å². The van der Waals surface area contributed by atoms with Crippen LogP contribution in [0.25, 0.3) is 0 Å². The van der Waals surface area contributed by atoms with E-state index in [-0.39, 0.29) is 5.91 Å². The Kier molecular flexibility index (Phi) is 5.22. The molecule has 0 saturated carbocycles. The highest BCUT2D eigenvalue weighted by molar-refractivity contribution is 7.14. The zero-order valence-corrected chi connectivity index (χ0v) is 14.7. The van der Waals surface area contributed by atoms with Crippen molar-refractivity contribution in [2.45, 2.75) is 19.8 Å². The van der Waals surface area contributed by atoms with Crippen molar-refractivity contribution in [3.63, 3.8) is 0 Å². The standard InChI is InChI=1S/C20H17N3OS/c1-15-14-25-20(22-15)23(18-5-3-2-4-6-18)19(24)12-11-16-7-9-17(13-21)10-8-16/h2-10,14H,11-12H2,1H3. The maximum atomic E-state index is 12.9. The number of rotatable bonds is 5. The second-order valence-electron chi connectivity index (χ2n) is 5.64. The van der Waals surface area contributed by atoms with Crippen LogP contribution in [-0.2, 0) is 11.2 Å². The van der Waals surface area contributed by atoms with E-state index in [1.54, 1.807) is 17.0 Å². The minimum Gasteiger partial charge on any atom is -0.274 e. The maximum Gasteiger partial charge on any atom is 0.233 e. The van der Waals surface area contributed by atoms with Gasteiger partial charge >= 0.3 is 0 Å². The van der Waals surface area contributed by atoms with Crippen molar-refractivity contribution in [2.75, 3.05) is 4.90 Å². The Balaban J connectivity index is 1.78. The van der Waals surface area contributed by atoms with Crippen LogP contribution >= 0.6 is 11.3 Å². The first-order chi connectivity index (χ1) is 12.2. The molecule has 124 valence electrons. The highest BCUT2D eigenvalue weighted by Crippen LogP contribution is 2.29. The van der Waals surface area contributed by atoms with Crippen LogP contribution in [0.3, 0.4) is 0 Å². The average Bonchev–Trinajstić information content (AvgIpc) is 3.07. The van der Waals surface area contributed by atoms with Gasteiger partial charge in [0.1, 0.15) is 0 Å². The first kappa shape index (κ1) is 16.9. The molecule has 2 aromatic carbocycles. The molecule has 4 nitrogen and oxygen atoms in total. The minimum atomic E-state index is 0.00455. The van der Waals surface area contributed by atoms with Gasteiger partial charge in [-0.2, -0.15) is 5.26 Å². The number of hydrogen-bond donors (Lipinski definition) is 0. The van der Waals surface area contributed by atoms with Crippen molar-refractivity contribution in [1.29, 1.82) is 5.26 Å². The first-order valence-corrected chi connectivity index (χ1v) is 8.84. The number of carbonyl (C=O) groups excluding carboxylic acids is 1. The molecule has 1 amide bonds. The fourth-order valence-electron chi connectivity index (χ4n) is 2.49. The van der Waals surface area contributed by atoms with Gasteiger partial charge < -0.3 is 0 Å². The Hall–Kier alpha value is -2.97. The summed E-state index contributed by atoms with van der Waals surface area (Å²) in [6.07, 6.45) is 0.998. The normalized spacial score (nSPS) is 10.2. The van der Waals surface area contributed by atoms with E-state index < -0.39 is 0 Å². The number of anilines is 2. The van der Waals surface area contributed by atoms with E-state index in [1.165, 1.54) is 11.3 Å². The van der Waals surface area contributed by atoms with Crippen LogP contribution in [0.1, 0.15) is 23.2 Å². The lowest BCUT2D eigenvalue weighted by molar-refractivity contribution is -0.117. The minimum absolute atomic E-state index is 0.00455. The van der Waals surface area contributed by atoms with Gasteiger partial charge in [-0.3, -0.25) is 9.69 Å². The van der Waals surface area contributed by atoms with Crippen LogP contribution < -0.4 is 4.90 Å². The van der Waals surface area contributed by atoms with Crippen molar-refractivity contribution >= 4 is 28.1 Å². The number of nitriles is 1. The second kappa shape index (κ2) is 7.73. The van der Waals surface area contributed by atoms with Crippen molar-refractivity contribution < 1.29 is 4.79 Å². The number of nitrogens with zero attached hydrogens (tertiary/aromatic N) is 3. The molecule has 3 aromatic rings. The summed E-state index contributed by atoms with van der Waals surface area (Å²) in [6, 6.07) is 19.0. The predicted octanol–water partition coefficient (Wildman–Crippen LogP) is 4.62. The molecule has 0 aliphatic heterocycles. The molecule has 1 aromatic heterocycles. The summed E-state index contributed by atoms with van der Waals surface area (Å²) in [5.74, 6) is 0.00455. The van der Waals surface area contributed by atoms with E-state index in [2.05, 4.69) is 11.1 Å². The molecule has 1 heterocycles. The molecule has 5 heteroatoms. The van der Waals surface area contributed by atoms with Crippen LogP contribution in [0.15, 0.2) is 60.0 Å². The number of aromatic nitrogens is 1. The molecule has 0 atom stereocenters. The van der Waals surface area contributed by atoms with Gasteiger partial charge in [-0.05, 0) is 43.2 Å². The Morgan fingerprint density at radius 3 is 2.48 bits per heavy atom. The largest absolute Gasteiger partial charge is 0.274 e. The molecular weight excluding hydrogens is 330 g/mol. The monoisotopic (exact) mass is 347 g/mol. The fraction of sp³-hybridized carbons (Fsp3) is 0.150. The molecule has 0 aliphatic carbocycles. The number of thiazole rings is 1. The molecule has 0 saturated heterocycles. The third-order valence-electron chi connectivity index (χ3n) is 3.77. The molecule has 25 heavy (non-hydrogen) atoms. The van der Waals surface area contributed by atoms with Crippen molar-refractivity contribution in [1.82, 2.24) is 4.98 Å². The molecule has 0 aliphatic rings. The first-order valence-electron chi connectivity index (χ1n) is 7.96. The SMILES string of the molecule is Cc1csc(N(C(=O)CCc2ccc(C#N)cc2)c2ccccc2)n1. The summed E-state index contributed by atoms with van der Waals surface area (Å²) >= 11 is 1.47. The lowest BCUT2D eigenvalue weighted by atomic mass is 10.1. The molecule has 0 spiro atoms. The maximum absolute atomic E-state index is 12.9. The predicted molar refractivity (Wildman–Crippen MR) is 99.9 cm³/mol. The Bertz CT molecular complexity index is 895. The van der Waals surface area contributed by atoms with Crippen molar-refractivity contribution in [3.05, 3.63) is 76.8 Å². The molecule has 0 radical (unpaired) electrons. The van der Waals surface area contributed by atoms with Gasteiger partial charge in [0, 0.05) is 11.8 Å².